The minimum absolute atomic E-state index is 0.494. The minimum atomic E-state index is 0.494. The van der Waals surface area contributed by atoms with E-state index in [2.05, 4.69) is 46.4 Å². The van der Waals surface area contributed by atoms with Crippen LogP contribution in [0.25, 0.3) is 0 Å². The Morgan fingerprint density at radius 2 is 1.50 bits per heavy atom. The molecule has 1 heteroatoms. The first-order valence-electron chi connectivity index (χ1n) is 6.07. The lowest BCUT2D eigenvalue weighted by molar-refractivity contribution is 0.471. The van der Waals surface area contributed by atoms with Gasteiger partial charge in [0.25, 0.3) is 0 Å². The van der Waals surface area contributed by atoms with Crippen LogP contribution >= 0.6 is 11.8 Å². The second kappa shape index (κ2) is 7.62. The number of thioether (sulfide) groups is 1. The van der Waals surface area contributed by atoms with Gasteiger partial charge in [-0.2, -0.15) is 11.8 Å². The summed E-state index contributed by atoms with van der Waals surface area (Å²) in [5, 5.41) is 0. The number of rotatable bonds is 7. The lowest BCUT2D eigenvalue weighted by atomic mass is 10.0. The Labute approximate surface area is 95.2 Å². The Balaban J connectivity index is 3.60. The standard InChI is InChI=1S/C13H28S/c1-6-8-12(9-7-2)10-14-11-13(3,4)5/h12H,6-11H2,1-5H3. The van der Waals surface area contributed by atoms with Crippen molar-refractivity contribution in [3.8, 4) is 0 Å². The summed E-state index contributed by atoms with van der Waals surface area (Å²) in [6.07, 6.45) is 5.54. The van der Waals surface area contributed by atoms with Crippen LogP contribution in [0, 0.1) is 11.3 Å². The van der Waals surface area contributed by atoms with Crippen LogP contribution in [0.15, 0.2) is 0 Å². The van der Waals surface area contributed by atoms with Gasteiger partial charge in [0.05, 0.1) is 0 Å². The molecule has 0 aliphatic rings. The van der Waals surface area contributed by atoms with Gasteiger partial charge in [0.2, 0.25) is 0 Å². The fourth-order valence-electron chi connectivity index (χ4n) is 1.66. The molecule has 0 heterocycles. The normalized spacial score (nSPS) is 12.4. The molecule has 0 aliphatic carbocycles. The van der Waals surface area contributed by atoms with Gasteiger partial charge in [0.15, 0.2) is 0 Å². The molecule has 0 amide bonds. The van der Waals surface area contributed by atoms with E-state index < -0.39 is 0 Å². The molecule has 0 nitrogen and oxygen atoms in total. The van der Waals surface area contributed by atoms with Crippen molar-refractivity contribution in [3.05, 3.63) is 0 Å². The van der Waals surface area contributed by atoms with Gasteiger partial charge in [-0.3, -0.25) is 0 Å². The first-order valence-corrected chi connectivity index (χ1v) is 7.22. The SMILES string of the molecule is CCCC(CCC)CSCC(C)(C)C. The Morgan fingerprint density at radius 3 is 1.86 bits per heavy atom. The van der Waals surface area contributed by atoms with Crippen LogP contribution in [-0.4, -0.2) is 11.5 Å². The molecule has 0 saturated carbocycles. The lowest BCUT2D eigenvalue weighted by Crippen LogP contribution is -2.11. The molecule has 0 bridgehead atoms. The summed E-state index contributed by atoms with van der Waals surface area (Å²) in [6, 6.07) is 0. The topological polar surface area (TPSA) is 0 Å². The molecule has 0 rings (SSSR count). The molecule has 0 radical (unpaired) electrons. The Kier molecular flexibility index (Phi) is 7.81. The third kappa shape index (κ3) is 8.93. The first kappa shape index (κ1) is 14.3. The van der Waals surface area contributed by atoms with Gasteiger partial charge in [0.1, 0.15) is 0 Å². The van der Waals surface area contributed by atoms with E-state index in [1.54, 1.807) is 0 Å². The van der Waals surface area contributed by atoms with Crippen molar-refractivity contribution >= 4 is 11.8 Å². The third-order valence-electron chi connectivity index (χ3n) is 2.28. The molecule has 0 aromatic carbocycles. The highest BCUT2D eigenvalue weighted by molar-refractivity contribution is 7.99. The maximum Gasteiger partial charge on any atom is -0.00186 e. The van der Waals surface area contributed by atoms with Crippen LogP contribution in [-0.2, 0) is 0 Å². The summed E-state index contributed by atoms with van der Waals surface area (Å²) >= 11 is 2.15. The van der Waals surface area contributed by atoms with Gasteiger partial charge in [0, 0.05) is 0 Å². The maximum absolute atomic E-state index is 2.33. The number of hydrogen-bond donors (Lipinski definition) is 0. The Hall–Kier alpha value is 0.350. The van der Waals surface area contributed by atoms with Crippen LogP contribution in [0.2, 0.25) is 0 Å². The Bertz CT molecular complexity index is 118. The highest BCUT2D eigenvalue weighted by Crippen LogP contribution is 2.25. The smallest absolute Gasteiger partial charge is 0.00186 e. The summed E-state index contributed by atoms with van der Waals surface area (Å²) in [6.45, 7) is 11.6. The molecule has 0 aromatic heterocycles. The molecule has 0 spiro atoms. The van der Waals surface area contributed by atoms with E-state index in [-0.39, 0.29) is 0 Å². The minimum Gasteiger partial charge on any atom is -0.161 e. The molecular formula is C13H28S. The second-order valence-corrected chi connectivity index (χ2v) is 6.55. The zero-order valence-corrected chi connectivity index (χ0v) is 11.5. The van der Waals surface area contributed by atoms with Gasteiger partial charge in [-0.05, 0) is 35.7 Å². The zero-order chi connectivity index (χ0) is 11.0. The molecule has 0 atom stereocenters. The van der Waals surface area contributed by atoms with Crippen LogP contribution in [0.5, 0.6) is 0 Å². The van der Waals surface area contributed by atoms with Crippen LogP contribution in [0.3, 0.4) is 0 Å². The van der Waals surface area contributed by atoms with E-state index in [4.69, 9.17) is 0 Å². The summed E-state index contributed by atoms with van der Waals surface area (Å²) in [5.41, 5.74) is 0.494. The van der Waals surface area contributed by atoms with E-state index in [9.17, 15) is 0 Å². The van der Waals surface area contributed by atoms with Crippen LogP contribution < -0.4 is 0 Å². The molecule has 0 unspecified atom stereocenters. The zero-order valence-electron chi connectivity index (χ0n) is 10.7. The maximum atomic E-state index is 2.33. The average Bonchev–Trinajstić information content (AvgIpc) is 2.02. The summed E-state index contributed by atoms with van der Waals surface area (Å²) in [7, 11) is 0. The van der Waals surface area contributed by atoms with E-state index in [0.29, 0.717) is 5.41 Å². The predicted molar refractivity (Wildman–Crippen MR) is 70.1 cm³/mol. The molecule has 0 fully saturated rings. The van der Waals surface area contributed by atoms with Crippen molar-refractivity contribution in [1.29, 1.82) is 0 Å². The molecule has 0 N–H and O–H groups in total. The van der Waals surface area contributed by atoms with Crippen molar-refractivity contribution in [2.75, 3.05) is 11.5 Å². The Morgan fingerprint density at radius 1 is 1.00 bits per heavy atom. The fourth-order valence-corrected chi connectivity index (χ4v) is 3.06. The van der Waals surface area contributed by atoms with Gasteiger partial charge < -0.3 is 0 Å². The summed E-state index contributed by atoms with van der Waals surface area (Å²) in [4.78, 5) is 0. The van der Waals surface area contributed by atoms with Crippen molar-refractivity contribution in [1.82, 2.24) is 0 Å². The van der Waals surface area contributed by atoms with Gasteiger partial charge in [-0.1, -0.05) is 47.5 Å². The molecule has 86 valence electrons. The van der Waals surface area contributed by atoms with E-state index >= 15 is 0 Å². The van der Waals surface area contributed by atoms with E-state index in [1.165, 1.54) is 37.2 Å². The third-order valence-corrected chi connectivity index (χ3v) is 4.06. The molecule has 0 saturated heterocycles. The van der Waals surface area contributed by atoms with Crippen molar-refractivity contribution in [2.24, 2.45) is 11.3 Å². The predicted octanol–water partition coefficient (Wildman–Crippen LogP) is 4.98. The molecule has 14 heavy (non-hydrogen) atoms. The van der Waals surface area contributed by atoms with Gasteiger partial charge in [-0.25, -0.2) is 0 Å². The number of hydrogen-bond acceptors (Lipinski definition) is 1. The molecule has 0 aliphatic heterocycles. The van der Waals surface area contributed by atoms with Crippen molar-refractivity contribution in [3.63, 3.8) is 0 Å². The van der Waals surface area contributed by atoms with E-state index in [0.717, 1.165) is 5.92 Å². The quantitative estimate of drug-likeness (QED) is 0.578. The highest BCUT2D eigenvalue weighted by Gasteiger charge is 2.12. The molecule has 0 aromatic rings. The van der Waals surface area contributed by atoms with Crippen molar-refractivity contribution in [2.45, 2.75) is 60.3 Å². The monoisotopic (exact) mass is 216 g/mol. The van der Waals surface area contributed by atoms with Crippen LogP contribution in [0.4, 0.5) is 0 Å². The largest absolute Gasteiger partial charge is 0.161 e. The molecular weight excluding hydrogens is 188 g/mol. The van der Waals surface area contributed by atoms with Gasteiger partial charge >= 0.3 is 0 Å². The van der Waals surface area contributed by atoms with Gasteiger partial charge in [-0.15, -0.1) is 0 Å². The first-order chi connectivity index (χ1) is 6.49. The van der Waals surface area contributed by atoms with Crippen molar-refractivity contribution < 1.29 is 0 Å². The summed E-state index contributed by atoms with van der Waals surface area (Å²) < 4.78 is 0. The second-order valence-electron chi connectivity index (χ2n) is 5.52. The lowest BCUT2D eigenvalue weighted by Gasteiger charge is -2.20. The van der Waals surface area contributed by atoms with Crippen LogP contribution in [0.1, 0.15) is 60.3 Å². The highest BCUT2D eigenvalue weighted by atomic mass is 32.2. The fraction of sp³-hybridized carbons (Fsp3) is 1.00. The average molecular weight is 216 g/mol. The summed E-state index contributed by atoms with van der Waals surface area (Å²) in [5.74, 6) is 3.65. The van der Waals surface area contributed by atoms with E-state index in [1.807, 2.05) is 0 Å².